The number of rotatable bonds is 5. The average molecular weight is 548 g/mol. The van der Waals surface area contributed by atoms with Gasteiger partial charge >= 0.3 is 6.18 Å². The quantitative estimate of drug-likeness (QED) is 0.549. The third-order valence-corrected chi connectivity index (χ3v) is 6.55. The van der Waals surface area contributed by atoms with E-state index in [1.807, 2.05) is 0 Å². The van der Waals surface area contributed by atoms with Crippen molar-refractivity contribution in [2.75, 3.05) is 39.0 Å². The Hall–Kier alpha value is -1.60. The van der Waals surface area contributed by atoms with Crippen LogP contribution in [-0.2, 0) is 19.1 Å². The van der Waals surface area contributed by atoms with Crippen LogP contribution in [-0.4, -0.2) is 76.4 Å². The zero-order chi connectivity index (χ0) is 25.5. The largest absolute Gasteiger partial charge is 0.391 e. The smallest absolute Gasteiger partial charge is 0.343 e. The van der Waals surface area contributed by atoms with Crippen molar-refractivity contribution in [3.05, 3.63) is 33.8 Å². The minimum Gasteiger partial charge on any atom is -0.343 e. The normalized spacial score (nSPS) is 19.4. The van der Waals surface area contributed by atoms with Gasteiger partial charge in [-0.15, -0.1) is 0 Å². The number of hydrogen-bond acceptors (Lipinski definition) is 6. The van der Waals surface area contributed by atoms with E-state index in [0.717, 1.165) is 6.26 Å². The van der Waals surface area contributed by atoms with E-state index in [9.17, 15) is 31.2 Å². The maximum Gasteiger partial charge on any atom is 0.391 e. The summed E-state index contributed by atoms with van der Waals surface area (Å²) >= 11 is 11.6. The fourth-order valence-electron chi connectivity index (χ4n) is 3.44. The highest BCUT2D eigenvalue weighted by Crippen LogP contribution is 2.32. The van der Waals surface area contributed by atoms with E-state index in [2.05, 4.69) is 10.6 Å². The van der Waals surface area contributed by atoms with Gasteiger partial charge in [0.25, 0.3) is 16.0 Å². The number of nitrogens with one attached hydrogen (secondary N) is 2. The summed E-state index contributed by atoms with van der Waals surface area (Å²) in [6, 6.07) is 4.41. The van der Waals surface area contributed by atoms with E-state index in [1.165, 1.54) is 23.1 Å². The molecule has 1 atom stereocenters. The van der Waals surface area contributed by atoms with Crippen molar-refractivity contribution in [3.8, 4) is 0 Å². The van der Waals surface area contributed by atoms with Crippen molar-refractivity contribution in [2.24, 2.45) is 5.92 Å². The number of alkyl halides is 3. The Morgan fingerprint density at radius 2 is 1.82 bits per heavy atom. The maximum atomic E-state index is 12.1. The number of piperidine rings is 1. The molecule has 1 aromatic carbocycles. The predicted molar refractivity (Wildman–Crippen MR) is 121 cm³/mol. The van der Waals surface area contributed by atoms with Crippen LogP contribution in [0.5, 0.6) is 0 Å². The van der Waals surface area contributed by atoms with Crippen LogP contribution >= 0.6 is 23.2 Å². The van der Waals surface area contributed by atoms with Crippen LogP contribution in [0.2, 0.25) is 10.0 Å². The molecule has 2 fully saturated rings. The number of carbonyl (C=O) groups is 2. The van der Waals surface area contributed by atoms with Crippen molar-refractivity contribution >= 4 is 45.1 Å². The van der Waals surface area contributed by atoms with E-state index in [0.29, 0.717) is 31.1 Å². The first-order valence-corrected chi connectivity index (χ1v) is 13.0. The molecule has 1 unspecified atom stereocenters. The second-order valence-electron chi connectivity index (χ2n) is 7.93. The number of nitrogens with zero attached hydrogens (tertiary/aromatic N) is 1. The molecule has 8 nitrogen and oxygen atoms in total. The third-order valence-electron chi connectivity index (χ3n) is 5.19. The van der Waals surface area contributed by atoms with Crippen molar-refractivity contribution in [1.82, 2.24) is 15.5 Å². The number of amides is 2. The van der Waals surface area contributed by atoms with Crippen molar-refractivity contribution in [3.63, 3.8) is 0 Å². The highest BCUT2D eigenvalue weighted by molar-refractivity contribution is 7.86. The van der Waals surface area contributed by atoms with Gasteiger partial charge in [-0.05, 0) is 50.6 Å². The molecule has 0 aliphatic carbocycles. The lowest BCUT2D eigenvalue weighted by atomic mass is 9.98. The molecular formula is C20H26Cl2F3N3O5S. The van der Waals surface area contributed by atoms with Crippen molar-refractivity contribution in [2.45, 2.75) is 31.5 Å². The van der Waals surface area contributed by atoms with Crippen LogP contribution in [0, 0.1) is 5.92 Å². The molecule has 0 saturated carbocycles. The summed E-state index contributed by atoms with van der Waals surface area (Å²) in [6.07, 6.45) is -2.64. The van der Waals surface area contributed by atoms with Crippen molar-refractivity contribution < 1.29 is 35.4 Å². The van der Waals surface area contributed by atoms with Crippen LogP contribution in [0.4, 0.5) is 13.2 Å². The molecule has 2 heterocycles. The molecule has 34 heavy (non-hydrogen) atoms. The number of carbonyl (C=O) groups excluding carboxylic acids is 2. The van der Waals surface area contributed by atoms with Gasteiger partial charge in [-0.25, -0.2) is 0 Å². The summed E-state index contributed by atoms with van der Waals surface area (Å²) in [5, 5.41) is 5.96. The van der Waals surface area contributed by atoms with Gasteiger partial charge in [0.05, 0.1) is 34.9 Å². The molecule has 2 aliphatic heterocycles. The molecular weight excluding hydrogens is 522 g/mol. The minimum atomic E-state index is -3.97. The van der Waals surface area contributed by atoms with Gasteiger partial charge in [0.1, 0.15) is 0 Å². The van der Waals surface area contributed by atoms with Gasteiger partial charge in [0.2, 0.25) is 5.91 Å². The summed E-state index contributed by atoms with van der Waals surface area (Å²) in [4.78, 5) is 25.5. The van der Waals surface area contributed by atoms with Gasteiger partial charge in [-0.3, -0.25) is 13.8 Å². The second-order valence-corrected chi connectivity index (χ2v) is 10.3. The van der Waals surface area contributed by atoms with Gasteiger partial charge in [-0.1, -0.05) is 23.2 Å². The summed E-state index contributed by atoms with van der Waals surface area (Å²) in [6.45, 7) is 1.36. The fraction of sp³-hybridized carbons (Fsp3) is 0.600. The van der Waals surface area contributed by atoms with E-state index in [1.54, 1.807) is 0 Å². The fourth-order valence-corrected chi connectivity index (χ4v) is 4.39. The molecule has 2 aliphatic rings. The number of likely N-dealkylation sites (tertiary alicyclic amines) is 1. The van der Waals surface area contributed by atoms with E-state index in [-0.39, 0.29) is 42.4 Å². The van der Waals surface area contributed by atoms with Crippen LogP contribution in [0.25, 0.3) is 0 Å². The first-order chi connectivity index (χ1) is 15.8. The standard InChI is InChI=1S/C14H16Cl2N2O5S.C6H10F3N/c1-24(21,22)23-10-4-5-18(8-10)13(19)7-17-14(20)9-2-3-11(15)12(16)6-9;7-6(8,9)5-1-3-10-4-2-5/h2-3,6,10H,4-5,7-8H2,1H3,(H,17,20);5,10H,1-4H2. The molecule has 0 bridgehead atoms. The summed E-state index contributed by atoms with van der Waals surface area (Å²) in [5.74, 6) is -1.83. The lowest BCUT2D eigenvalue weighted by Crippen LogP contribution is -2.39. The Bertz CT molecular complexity index is 973. The van der Waals surface area contributed by atoms with E-state index < -0.39 is 34.2 Å². The molecule has 14 heteroatoms. The van der Waals surface area contributed by atoms with E-state index in [4.69, 9.17) is 27.4 Å². The highest BCUT2D eigenvalue weighted by Gasteiger charge is 2.39. The Morgan fingerprint density at radius 1 is 1.18 bits per heavy atom. The molecule has 2 N–H and O–H groups in total. The molecule has 1 aromatic rings. The summed E-state index contributed by atoms with van der Waals surface area (Å²) in [5.41, 5.74) is 0.289. The lowest BCUT2D eigenvalue weighted by Gasteiger charge is -2.24. The average Bonchev–Trinajstić information content (AvgIpc) is 3.21. The Balaban J connectivity index is 0.000000340. The van der Waals surface area contributed by atoms with E-state index >= 15 is 0 Å². The van der Waals surface area contributed by atoms with Crippen LogP contribution in [0.3, 0.4) is 0 Å². The Morgan fingerprint density at radius 3 is 2.35 bits per heavy atom. The van der Waals surface area contributed by atoms with Crippen LogP contribution in [0.1, 0.15) is 29.6 Å². The topological polar surface area (TPSA) is 105 Å². The number of halogens is 5. The molecule has 2 saturated heterocycles. The minimum absolute atomic E-state index is 0.175. The summed E-state index contributed by atoms with van der Waals surface area (Å²) < 4.78 is 62.8. The first-order valence-electron chi connectivity index (χ1n) is 10.4. The molecule has 0 aromatic heterocycles. The zero-order valence-electron chi connectivity index (χ0n) is 18.3. The van der Waals surface area contributed by atoms with Gasteiger partial charge in [0, 0.05) is 18.7 Å². The molecule has 0 radical (unpaired) electrons. The highest BCUT2D eigenvalue weighted by atomic mass is 35.5. The molecule has 2 amide bonds. The first kappa shape index (κ1) is 28.6. The Kier molecular flexibility index (Phi) is 10.4. The van der Waals surface area contributed by atoms with Gasteiger partial charge < -0.3 is 15.5 Å². The SMILES string of the molecule is CS(=O)(=O)OC1CCN(C(=O)CNC(=O)c2ccc(Cl)c(Cl)c2)C1.FC(F)(F)C1CCNCC1. The number of hydrogen-bond donors (Lipinski definition) is 2. The molecule has 192 valence electrons. The van der Waals surface area contributed by atoms with Gasteiger partial charge in [0.15, 0.2) is 0 Å². The Labute approximate surface area is 206 Å². The van der Waals surface area contributed by atoms with Gasteiger partial charge in [-0.2, -0.15) is 21.6 Å². The predicted octanol–water partition coefficient (Wildman–Crippen LogP) is 2.85. The summed E-state index contributed by atoms with van der Waals surface area (Å²) in [7, 11) is -3.56. The lowest BCUT2D eigenvalue weighted by molar-refractivity contribution is -0.180. The zero-order valence-corrected chi connectivity index (χ0v) is 20.7. The molecule has 3 rings (SSSR count). The number of benzene rings is 1. The third kappa shape index (κ3) is 9.57. The second kappa shape index (κ2) is 12.4. The van der Waals surface area contributed by atoms with Crippen LogP contribution < -0.4 is 10.6 Å². The monoisotopic (exact) mass is 547 g/mol. The maximum absolute atomic E-state index is 12.1. The van der Waals surface area contributed by atoms with Crippen molar-refractivity contribution in [1.29, 1.82) is 0 Å². The molecule has 0 spiro atoms. The van der Waals surface area contributed by atoms with Crippen LogP contribution in [0.15, 0.2) is 18.2 Å².